The van der Waals surface area contributed by atoms with Gasteiger partial charge in [0.05, 0.1) is 12.2 Å². The Kier molecular flexibility index (Phi) is 7.94. The number of thiophene rings is 1. The van der Waals surface area contributed by atoms with Crippen LogP contribution in [0.15, 0.2) is 0 Å². The summed E-state index contributed by atoms with van der Waals surface area (Å²) in [6.45, 7) is 6.60. The number of nitrogens with one attached hydrogen (secondary N) is 1. The molecule has 5 heteroatoms. The molecule has 1 aliphatic rings. The van der Waals surface area contributed by atoms with E-state index in [1.54, 1.807) is 11.3 Å². The van der Waals surface area contributed by atoms with Crippen molar-refractivity contribution in [3.8, 4) is 0 Å². The molecule has 1 aromatic heterocycles. The Morgan fingerprint density at radius 3 is 2.60 bits per heavy atom. The van der Waals surface area contributed by atoms with Crippen molar-refractivity contribution in [1.29, 1.82) is 0 Å². The molecule has 0 aliphatic heterocycles. The molecule has 1 amide bonds. The van der Waals surface area contributed by atoms with E-state index in [-0.39, 0.29) is 17.8 Å². The molecule has 25 heavy (non-hydrogen) atoms. The highest BCUT2D eigenvalue weighted by Gasteiger charge is 2.28. The first-order chi connectivity index (χ1) is 12.1. The molecular weight excluding hydrogens is 334 g/mol. The molecular formula is C20H31NO3S. The minimum absolute atomic E-state index is 0.0126. The summed E-state index contributed by atoms with van der Waals surface area (Å²) in [4.78, 5) is 26.5. The van der Waals surface area contributed by atoms with E-state index in [0.717, 1.165) is 63.4 Å². The predicted octanol–water partition coefficient (Wildman–Crippen LogP) is 5.35. The fourth-order valence-corrected chi connectivity index (χ4v) is 4.60. The second kappa shape index (κ2) is 9.95. The molecule has 4 nitrogen and oxygen atoms in total. The molecule has 0 saturated carbocycles. The molecule has 1 unspecified atom stereocenters. The van der Waals surface area contributed by atoms with Crippen molar-refractivity contribution >= 4 is 28.2 Å². The van der Waals surface area contributed by atoms with Gasteiger partial charge in [-0.1, -0.05) is 33.6 Å². The molecule has 0 saturated heterocycles. The fraction of sp³-hybridized carbons (Fsp3) is 0.700. The molecule has 0 bridgehead atoms. The van der Waals surface area contributed by atoms with Gasteiger partial charge >= 0.3 is 5.97 Å². The third-order valence-electron chi connectivity index (χ3n) is 4.82. The zero-order valence-corrected chi connectivity index (χ0v) is 16.6. The van der Waals surface area contributed by atoms with Crippen molar-refractivity contribution in [3.05, 3.63) is 16.0 Å². The first kappa shape index (κ1) is 20.0. The maximum atomic E-state index is 12.7. The first-order valence-corrected chi connectivity index (χ1v) is 10.6. The Hall–Kier alpha value is -1.36. The molecule has 1 atom stereocenters. The summed E-state index contributed by atoms with van der Waals surface area (Å²) >= 11 is 1.57. The van der Waals surface area contributed by atoms with Gasteiger partial charge in [-0.3, -0.25) is 4.79 Å². The van der Waals surface area contributed by atoms with Gasteiger partial charge in [0.25, 0.3) is 0 Å². The van der Waals surface area contributed by atoms with Gasteiger partial charge in [-0.05, 0) is 50.5 Å². The van der Waals surface area contributed by atoms with Gasteiger partial charge in [-0.2, -0.15) is 0 Å². The molecule has 2 rings (SSSR count). The van der Waals surface area contributed by atoms with Crippen LogP contribution in [0.5, 0.6) is 0 Å². The van der Waals surface area contributed by atoms with E-state index in [1.807, 2.05) is 6.92 Å². The number of hydrogen-bond acceptors (Lipinski definition) is 4. The zero-order chi connectivity index (χ0) is 18.2. The van der Waals surface area contributed by atoms with Crippen LogP contribution in [0.1, 0.15) is 86.5 Å². The van der Waals surface area contributed by atoms with E-state index in [4.69, 9.17) is 4.74 Å². The summed E-state index contributed by atoms with van der Waals surface area (Å²) in [7, 11) is 0. The number of carbonyl (C=O) groups is 2. The van der Waals surface area contributed by atoms with Crippen molar-refractivity contribution in [1.82, 2.24) is 0 Å². The van der Waals surface area contributed by atoms with Crippen LogP contribution in [0.4, 0.5) is 5.00 Å². The van der Waals surface area contributed by atoms with Gasteiger partial charge < -0.3 is 10.1 Å². The van der Waals surface area contributed by atoms with Crippen LogP contribution in [-0.2, 0) is 22.4 Å². The molecule has 0 fully saturated rings. The van der Waals surface area contributed by atoms with Crippen LogP contribution in [0, 0.1) is 5.92 Å². The number of ether oxygens (including phenoxy) is 1. The number of fused-ring (bicyclic) bond motifs is 1. The lowest BCUT2D eigenvalue weighted by Gasteiger charge is -2.15. The fourth-order valence-electron chi connectivity index (χ4n) is 3.32. The predicted molar refractivity (Wildman–Crippen MR) is 103 cm³/mol. The number of hydrogen-bond donors (Lipinski definition) is 1. The van der Waals surface area contributed by atoms with E-state index in [1.165, 1.54) is 4.88 Å². The molecule has 1 heterocycles. The number of amides is 1. The summed E-state index contributed by atoms with van der Waals surface area (Å²) in [5, 5.41) is 3.77. The number of esters is 1. The lowest BCUT2D eigenvalue weighted by molar-refractivity contribution is -0.120. The van der Waals surface area contributed by atoms with Gasteiger partial charge in [0.2, 0.25) is 5.91 Å². The van der Waals surface area contributed by atoms with Crippen molar-refractivity contribution in [3.63, 3.8) is 0 Å². The van der Waals surface area contributed by atoms with Crippen molar-refractivity contribution < 1.29 is 14.3 Å². The first-order valence-electron chi connectivity index (χ1n) is 9.74. The lowest BCUT2D eigenvalue weighted by atomic mass is 9.95. The van der Waals surface area contributed by atoms with Crippen LogP contribution in [0.25, 0.3) is 0 Å². The van der Waals surface area contributed by atoms with Gasteiger partial charge in [-0.25, -0.2) is 4.79 Å². The number of rotatable bonds is 9. The Morgan fingerprint density at radius 2 is 1.92 bits per heavy atom. The average Bonchev–Trinajstić information content (AvgIpc) is 2.98. The van der Waals surface area contributed by atoms with Crippen LogP contribution in [0.3, 0.4) is 0 Å². The molecule has 0 aromatic carbocycles. The molecule has 0 spiro atoms. The quantitative estimate of drug-likeness (QED) is 0.600. The maximum Gasteiger partial charge on any atom is 0.341 e. The second-order valence-electron chi connectivity index (χ2n) is 6.79. The molecule has 1 aliphatic carbocycles. The van der Waals surface area contributed by atoms with E-state index in [0.29, 0.717) is 17.2 Å². The van der Waals surface area contributed by atoms with Gasteiger partial charge in [0.15, 0.2) is 0 Å². The summed E-state index contributed by atoms with van der Waals surface area (Å²) < 4.78 is 5.39. The topological polar surface area (TPSA) is 55.4 Å². The summed E-state index contributed by atoms with van der Waals surface area (Å²) in [6, 6.07) is 0. The maximum absolute atomic E-state index is 12.7. The van der Waals surface area contributed by atoms with E-state index in [2.05, 4.69) is 19.2 Å². The van der Waals surface area contributed by atoms with Gasteiger partial charge in [-0.15, -0.1) is 11.3 Å². The monoisotopic (exact) mass is 365 g/mol. The second-order valence-corrected chi connectivity index (χ2v) is 7.89. The Morgan fingerprint density at radius 1 is 1.16 bits per heavy atom. The number of carbonyl (C=O) groups excluding carboxylic acids is 2. The van der Waals surface area contributed by atoms with Crippen LogP contribution in [0.2, 0.25) is 0 Å². The third kappa shape index (κ3) is 5.06. The van der Waals surface area contributed by atoms with Gasteiger partial charge in [0.1, 0.15) is 5.00 Å². The Labute approximate surface area is 155 Å². The number of aryl methyl sites for hydroxylation is 1. The average molecular weight is 366 g/mol. The van der Waals surface area contributed by atoms with Crippen molar-refractivity contribution in [2.24, 2.45) is 5.92 Å². The minimum Gasteiger partial charge on any atom is -0.462 e. The molecule has 0 radical (unpaired) electrons. The smallest absolute Gasteiger partial charge is 0.341 e. The lowest BCUT2D eigenvalue weighted by Crippen LogP contribution is -2.23. The summed E-state index contributed by atoms with van der Waals surface area (Å²) in [6.07, 6.45) is 8.82. The molecule has 140 valence electrons. The van der Waals surface area contributed by atoms with Gasteiger partial charge in [0, 0.05) is 10.8 Å². The van der Waals surface area contributed by atoms with E-state index < -0.39 is 0 Å². The highest BCUT2D eigenvalue weighted by Crippen LogP contribution is 2.39. The van der Waals surface area contributed by atoms with Crippen LogP contribution >= 0.6 is 11.3 Å². The zero-order valence-electron chi connectivity index (χ0n) is 15.8. The van der Waals surface area contributed by atoms with Crippen molar-refractivity contribution in [2.45, 2.75) is 78.6 Å². The van der Waals surface area contributed by atoms with Crippen LogP contribution in [-0.4, -0.2) is 18.5 Å². The summed E-state index contributed by atoms with van der Waals surface area (Å²) in [5.41, 5.74) is 1.72. The van der Waals surface area contributed by atoms with E-state index >= 15 is 0 Å². The number of unbranched alkanes of at least 4 members (excludes halogenated alkanes) is 1. The standard InChI is InChI=1S/C20H31NO3S/c1-4-7-10-14(6-3)18(22)21-19-17(20(23)24-13-5-2)15-11-8-9-12-16(15)25-19/h14H,4-13H2,1-3H3,(H,21,22). The normalized spacial score (nSPS) is 14.7. The Bertz CT molecular complexity index is 594. The largest absolute Gasteiger partial charge is 0.462 e. The molecule has 1 N–H and O–H groups in total. The summed E-state index contributed by atoms with van der Waals surface area (Å²) in [5.74, 6) is -0.226. The SMILES string of the molecule is CCCCC(CC)C(=O)Nc1sc2c(c1C(=O)OCCC)CCCC2. The third-order valence-corrected chi connectivity index (χ3v) is 6.03. The highest BCUT2D eigenvalue weighted by molar-refractivity contribution is 7.17. The highest BCUT2D eigenvalue weighted by atomic mass is 32.1. The Balaban J connectivity index is 2.22. The molecule has 1 aromatic rings. The number of anilines is 1. The minimum atomic E-state index is -0.279. The van der Waals surface area contributed by atoms with Crippen molar-refractivity contribution in [2.75, 3.05) is 11.9 Å². The van der Waals surface area contributed by atoms with Crippen LogP contribution < -0.4 is 5.32 Å². The van der Waals surface area contributed by atoms with E-state index in [9.17, 15) is 9.59 Å².